The fourth-order valence-corrected chi connectivity index (χ4v) is 2.07. The van der Waals surface area contributed by atoms with Gasteiger partial charge in [0.25, 0.3) is 0 Å². The summed E-state index contributed by atoms with van der Waals surface area (Å²) in [6.45, 7) is 0.518. The van der Waals surface area contributed by atoms with Gasteiger partial charge in [-0.1, -0.05) is 11.6 Å². The van der Waals surface area contributed by atoms with E-state index in [1.54, 1.807) is 7.11 Å². The molecule has 1 fully saturated rings. The lowest BCUT2D eigenvalue weighted by atomic mass is 9.96. The molecular weight excluding hydrogens is 214 g/mol. The molecule has 0 aromatic heterocycles. The van der Waals surface area contributed by atoms with Gasteiger partial charge in [-0.15, -0.1) is 0 Å². The first-order valence-corrected chi connectivity index (χ1v) is 5.25. The number of hydrogen-bond donors (Lipinski definition) is 1. The number of ether oxygens (including phenoxy) is 1. The Bertz CT molecular complexity index is 364. The van der Waals surface area contributed by atoms with Crippen LogP contribution in [-0.4, -0.2) is 13.7 Å². The molecule has 0 heterocycles. The summed E-state index contributed by atoms with van der Waals surface area (Å²) in [5, 5.41) is 0.717. The van der Waals surface area contributed by atoms with Crippen molar-refractivity contribution in [3.8, 4) is 5.75 Å². The molecule has 1 aromatic rings. The van der Waals surface area contributed by atoms with Gasteiger partial charge in [0.05, 0.1) is 13.7 Å². The zero-order valence-corrected chi connectivity index (χ0v) is 9.38. The van der Waals surface area contributed by atoms with Crippen LogP contribution in [0.3, 0.4) is 0 Å². The Morgan fingerprint density at radius 1 is 1.47 bits per heavy atom. The Hall–Kier alpha value is -0.770. The van der Waals surface area contributed by atoms with Gasteiger partial charge in [0.15, 0.2) is 0 Å². The van der Waals surface area contributed by atoms with E-state index in [0.29, 0.717) is 11.6 Å². The highest BCUT2D eigenvalue weighted by Gasteiger charge is 2.46. The van der Waals surface area contributed by atoms with Crippen molar-refractivity contribution in [3.05, 3.63) is 28.8 Å². The lowest BCUT2D eigenvalue weighted by Gasteiger charge is -2.17. The van der Waals surface area contributed by atoms with E-state index in [1.165, 1.54) is 0 Å². The summed E-state index contributed by atoms with van der Waals surface area (Å²) in [5.41, 5.74) is 1.12. The molecule has 3 nitrogen and oxygen atoms in total. The van der Waals surface area contributed by atoms with Gasteiger partial charge in [-0.2, -0.15) is 0 Å². The molecule has 1 aromatic carbocycles. The van der Waals surface area contributed by atoms with Crippen molar-refractivity contribution in [1.29, 1.82) is 0 Å². The highest BCUT2D eigenvalue weighted by molar-refractivity contribution is 6.30. The molecule has 0 aliphatic heterocycles. The molecule has 1 aliphatic rings. The maximum atomic E-state index is 5.98. The molecule has 0 atom stereocenters. The molecule has 1 saturated carbocycles. The van der Waals surface area contributed by atoms with E-state index >= 15 is 0 Å². The molecule has 0 saturated heterocycles. The fraction of sp³-hybridized carbons (Fsp3) is 0.455. The first-order chi connectivity index (χ1) is 7.22. The third-order valence-electron chi connectivity index (χ3n) is 2.95. The maximum Gasteiger partial charge on any atom is 0.122 e. The van der Waals surface area contributed by atoms with Crippen molar-refractivity contribution in [2.45, 2.75) is 18.3 Å². The average Bonchev–Trinajstić information content (AvgIpc) is 2.99. The molecule has 0 spiro atoms. The largest absolute Gasteiger partial charge is 0.496 e. The average molecular weight is 228 g/mol. The highest BCUT2D eigenvalue weighted by Crippen LogP contribution is 2.51. The Labute approximate surface area is 94.1 Å². The summed E-state index contributed by atoms with van der Waals surface area (Å²) in [5.74, 6) is 6.00. The van der Waals surface area contributed by atoms with E-state index in [2.05, 4.69) is 0 Å². The molecule has 82 valence electrons. The van der Waals surface area contributed by atoms with E-state index in [0.717, 1.165) is 24.2 Å². The van der Waals surface area contributed by atoms with Gasteiger partial charge >= 0.3 is 0 Å². The Morgan fingerprint density at radius 2 is 2.20 bits per heavy atom. The Morgan fingerprint density at radius 3 is 2.73 bits per heavy atom. The van der Waals surface area contributed by atoms with Crippen LogP contribution in [0.5, 0.6) is 5.75 Å². The Balaban J connectivity index is 2.37. The Kier molecular flexibility index (Phi) is 2.87. The number of rotatable bonds is 4. The molecule has 0 radical (unpaired) electrons. The zero-order chi connectivity index (χ0) is 10.9. The number of benzene rings is 1. The predicted molar refractivity (Wildman–Crippen MR) is 59.1 cm³/mol. The van der Waals surface area contributed by atoms with E-state index in [9.17, 15) is 0 Å². The quantitative estimate of drug-likeness (QED) is 0.803. The summed E-state index contributed by atoms with van der Waals surface area (Å²) in [6, 6.07) is 5.64. The van der Waals surface area contributed by atoms with Gasteiger partial charge in [0, 0.05) is 16.0 Å². The monoisotopic (exact) mass is 227 g/mol. The van der Waals surface area contributed by atoms with Crippen molar-refractivity contribution in [2.24, 2.45) is 5.90 Å². The van der Waals surface area contributed by atoms with Crippen LogP contribution in [0.25, 0.3) is 0 Å². The van der Waals surface area contributed by atoms with Crippen LogP contribution in [0.15, 0.2) is 18.2 Å². The van der Waals surface area contributed by atoms with Crippen molar-refractivity contribution in [2.75, 3.05) is 13.7 Å². The summed E-state index contributed by atoms with van der Waals surface area (Å²) in [7, 11) is 1.66. The second-order valence-corrected chi connectivity index (χ2v) is 4.37. The van der Waals surface area contributed by atoms with Crippen LogP contribution in [0, 0.1) is 0 Å². The van der Waals surface area contributed by atoms with Crippen LogP contribution < -0.4 is 10.6 Å². The minimum atomic E-state index is 0.0188. The van der Waals surface area contributed by atoms with Crippen molar-refractivity contribution >= 4 is 11.6 Å². The lowest BCUT2D eigenvalue weighted by molar-refractivity contribution is 0.115. The van der Waals surface area contributed by atoms with Gasteiger partial charge < -0.3 is 9.57 Å². The van der Waals surface area contributed by atoms with E-state index in [-0.39, 0.29) is 5.41 Å². The first kappa shape index (κ1) is 10.7. The molecule has 4 heteroatoms. The standard InChI is InChI=1S/C11H14ClNO2/c1-14-10-3-2-8(12)6-9(10)11(4-5-11)7-15-13/h2-3,6H,4-5,7,13H2,1H3. The molecule has 0 amide bonds. The maximum absolute atomic E-state index is 5.98. The van der Waals surface area contributed by atoms with Gasteiger partial charge in [0.2, 0.25) is 0 Å². The third-order valence-corrected chi connectivity index (χ3v) is 3.18. The van der Waals surface area contributed by atoms with Crippen molar-refractivity contribution in [1.82, 2.24) is 0 Å². The van der Waals surface area contributed by atoms with Crippen LogP contribution in [-0.2, 0) is 10.3 Å². The second kappa shape index (κ2) is 4.00. The molecule has 15 heavy (non-hydrogen) atoms. The predicted octanol–water partition coefficient (Wildman–Crippen LogP) is 2.27. The molecule has 1 aliphatic carbocycles. The smallest absolute Gasteiger partial charge is 0.122 e. The van der Waals surface area contributed by atoms with Crippen molar-refractivity contribution < 1.29 is 9.57 Å². The zero-order valence-electron chi connectivity index (χ0n) is 8.63. The topological polar surface area (TPSA) is 44.5 Å². The summed E-state index contributed by atoms with van der Waals surface area (Å²) >= 11 is 5.98. The highest BCUT2D eigenvalue weighted by atomic mass is 35.5. The minimum Gasteiger partial charge on any atom is -0.496 e. The third kappa shape index (κ3) is 1.95. The van der Waals surface area contributed by atoms with E-state index in [1.807, 2.05) is 18.2 Å². The van der Waals surface area contributed by atoms with E-state index in [4.69, 9.17) is 27.1 Å². The first-order valence-electron chi connectivity index (χ1n) is 4.87. The van der Waals surface area contributed by atoms with Gasteiger partial charge in [0.1, 0.15) is 5.75 Å². The summed E-state index contributed by atoms with van der Waals surface area (Å²) < 4.78 is 5.32. The fourth-order valence-electron chi connectivity index (χ4n) is 1.90. The summed E-state index contributed by atoms with van der Waals surface area (Å²) in [4.78, 5) is 4.76. The number of hydrogen-bond acceptors (Lipinski definition) is 3. The second-order valence-electron chi connectivity index (χ2n) is 3.94. The van der Waals surface area contributed by atoms with E-state index < -0.39 is 0 Å². The van der Waals surface area contributed by atoms with Gasteiger partial charge in [-0.3, -0.25) is 0 Å². The normalized spacial score (nSPS) is 17.5. The molecule has 2 rings (SSSR count). The minimum absolute atomic E-state index is 0.0188. The van der Waals surface area contributed by atoms with Crippen LogP contribution >= 0.6 is 11.6 Å². The van der Waals surface area contributed by atoms with Gasteiger partial charge in [-0.05, 0) is 31.0 Å². The molecular formula is C11H14ClNO2. The van der Waals surface area contributed by atoms with Crippen LogP contribution in [0.1, 0.15) is 18.4 Å². The molecule has 0 bridgehead atoms. The summed E-state index contributed by atoms with van der Waals surface area (Å²) in [6.07, 6.45) is 2.14. The molecule has 2 N–H and O–H groups in total. The number of nitrogens with two attached hydrogens (primary N) is 1. The SMILES string of the molecule is COc1ccc(Cl)cc1C1(CON)CC1. The molecule has 0 unspecified atom stereocenters. The van der Waals surface area contributed by atoms with Gasteiger partial charge in [-0.25, -0.2) is 5.90 Å². The van der Waals surface area contributed by atoms with Crippen LogP contribution in [0.4, 0.5) is 0 Å². The van der Waals surface area contributed by atoms with Crippen molar-refractivity contribution in [3.63, 3.8) is 0 Å². The number of methoxy groups -OCH3 is 1. The van der Waals surface area contributed by atoms with Crippen LogP contribution in [0.2, 0.25) is 5.02 Å². The number of halogens is 1. The lowest BCUT2D eigenvalue weighted by Crippen LogP contribution is -2.18.